The largest absolute Gasteiger partial charge is 0.332 e. The van der Waals surface area contributed by atoms with E-state index in [4.69, 9.17) is 16.1 Å². The number of hydrogen-bond acceptors (Lipinski definition) is 5. The molecule has 0 radical (unpaired) electrons. The lowest BCUT2D eigenvalue weighted by Crippen LogP contribution is -2.13. The first-order chi connectivity index (χ1) is 12.9. The number of aromatic nitrogens is 6. The summed E-state index contributed by atoms with van der Waals surface area (Å²) in [4.78, 5) is 9.17. The Morgan fingerprint density at radius 2 is 2.11 bits per heavy atom. The lowest BCUT2D eigenvalue weighted by molar-refractivity contribution is 0.401. The third kappa shape index (κ3) is 2.49. The van der Waals surface area contributed by atoms with Crippen molar-refractivity contribution in [2.24, 2.45) is 0 Å². The zero-order valence-electron chi connectivity index (χ0n) is 15.1. The number of H-pyrrole nitrogens is 1. The molecule has 0 saturated heterocycles. The maximum absolute atomic E-state index is 6.24. The van der Waals surface area contributed by atoms with Crippen LogP contribution in [-0.2, 0) is 11.8 Å². The molecule has 3 aromatic heterocycles. The van der Waals surface area contributed by atoms with Crippen LogP contribution in [0.3, 0.4) is 0 Å². The molecule has 0 atom stereocenters. The monoisotopic (exact) mass is 380 g/mol. The molecule has 0 aliphatic carbocycles. The fraction of sp³-hybridized carbons (Fsp3) is 0.263. The highest BCUT2D eigenvalue weighted by Crippen LogP contribution is 2.38. The molecule has 1 aliphatic heterocycles. The molecule has 0 amide bonds. The van der Waals surface area contributed by atoms with Crippen molar-refractivity contribution in [3.63, 3.8) is 0 Å². The van der Waals surface area contributed by atoms with Crippen molar-refractivity contribution in [3.8, 4) is 28.5 Å². The molecule has 1 aliphatic rings. The van der Waals surface area contributed by atoms with Crippen LogP contribution in [0.15, 0.2) is 35.2 Å². The first kappa shape index (κ1) is 16.3. The van der Waals surface area contributed by atoms with E-state index in [1.807, 2.05) is 45.2 Å². The van der Waals surface area contributed by atoms with Gasteiger partial charge in [0.05, 0.1) is 23.3 Å². The summed E-state index contributed by atoms with van der Waals surface area (Å²) in [6.45, 7) is 6.15. The van der Waals surface area contributed by atoms with Crippen LogP contribution in [0, 0.1) is 0 Å². The second kappa shape index (κ2) is 5.53. The van der Waals surface area contributed by atoms with Gasteiger partial charge in [0, 0.05) is 28.0 Å². The lowest BCUT2D eigenvalue weighted by Gasteiger charge is -2.11. The Hall–Kier alpha value is -2.93. The van der Waals surface area contributed by atoms with Crippen molar-refractivity contribution in [2.45, 2.75) is 32.6 Å². The number of benzene rings is 1. The summed E-state index contributed by atoms with van der Waals surface area (Å²) < 4.78 is 7.59. The minimum Gasteiger partial charge on any atom is -0.332 e. The standard InChI is InChI=1S/C19H17ClN6O/c1-19(2,3)18-23-17(27-25-18)16-14-6-10-8-22-24-15(10)12-7-11(20)4-5-13(12)26(14)9-21-16/h4-5,7-9H,6H2,1-3H3,(H,22,24). The van der Waals surface area contributed by atoms with Gasteiger partial charge >= 0.3 is 0 Å². The van der Waals surface area contributed by atoms with Gasteiger partial charge in [-0.15, -0.1) is 0 Å². The van der Waals surface area contributed by atoms with E-state index >= 15 is 0 Å². The van der Waals surface area contributed by atoms with E-state index in [9.17, 15) is 0 Å². The zero-order chi connectivity index (χ0) is 18.8. The first-order valence-electron chi connectivity index (χ1n) is 8.65. The van der Waals surface area contributed by atoms with Gasteiger partial charge in [0.1, 0.15) is 6.33 Å². The van der Waals surface area contributed by atoms with Crippen LogP contribution in [0.4, 0.5) is 0 Å². The number of aromatic amines is 1. The van der Waals surface area contributed by atoms with Gasteiger partial charge in [-0.05, 0) is 18.2 Å². The number of rotatable bonds is 1. The molecule has 8 heteroatoms. The van der Waals surface area contributed by atoms with Crippen LogP contribution in [0.1, 0.15) is 37.9 Å². The minimum atomic E-state index is -0.195. The second-order valence-electron chi connectivity index (χ2n) is 7.69. The minimum absolute atomic E-state index is 0.195. The summed E-state index contributed by atoms with van der Waals surface area (Å²) in [7, 11) is 0. The van der Waals surface area contributed by atoms with Gasteiger partial charge in [-0.1, -0.05) is 37.5 Å². The molecule has 1 N–H and O–H groups in total. The normalized spacial score (nSPS) is 13.0. The van der Waals surface area contributed by atoms with Gasteiger partial charge in [-0.3, -0.25) is 5.10 Å². The van der Waals surface area contributed by atoms with Gasteiger partial charge < -0.3 is 9.09 Å². The fourth-order valence-corrected chi connectivity index (χ4v) is 3.50. The summed E-state index contributed by atoms with van der Waals surface area (Å²) in [6.07, 6.45) is 4.26. The zero-order valence-corrected chi connectivity index (χ0v) is 15.9. The van der Waals surface area contributed by atoms with Crippen LogP contribution in [0.2, 0.25) is 5.02 Å². The molecule has 4 aromatic rings. The quantitative estimate of drug-likeness (QED) is 0.471. The first-order valence-corrected chi connectivity index (χ1v) is 9.03. The van der Waals surface area contributed by atoms with E-state index in [0.717, 1.165) is 28.2 Å². The maximum atomic E-state index is 6.24. The molecule has 1 aromatic carbocycles. The predicted octanol–water partition coefficient (Wildman–Crippen LogP) is 4.17. The Kier molecular flexibility index (Phi) is 3.33. The summed E-state index contributed by atoms with van der Waals surface area (Å²) >= 11 is 6.24. The Balaban J connectivity index is 1.72. The van der Waals surface area contributed by atoms with E-state index in [1.165, 1.54) is 0 Å². The Labute approximate surface area is 160 Å². The van der Waals surface area contributed by atoms with Crippen LogP contribution in [0.5, 0.6) is 0 Å². The molecule has 5 rings (SSSR count). The molecular weight excluding hydrogens is 364 g/mol. The molecule has 4 heterocycles. The number of nitrogens with one attached hydrogen (secondary N) is 1. The van der Waals surface area contributed by atoms with Gasteiger partial charge in [0.15, 0.2) is 11.5 Å². The third-order valence-corrected chi connectivity index (χ3v) is 4.96. The van der Waals surface area contributed by atoms with Crippen LogP contribution < -0.4 is 0 Å². The summed E-state index contributed by atoms with van der Waals surface area (Å²) in [5, 5.41) is 12.1. The molecule has 0 unspecified atom stereocenters. The SMILES string of the molecule is CC(C)(C)c1noc(-c2ncn3c2Cc2cn[nH]c2-c2cc(Cl)ccc2-3)n1. The average molecular weight is 381 g/mol. The van der Waals surface area contributed by atoms with Crippen molar-refractivity contribution in [1.82, 2.24) is 29.9 Å². The summed E-state index contributed by atoms with van der Waals surface area (Å²) in [6, 6.07) is 5.79. The third-order valence-electron chi connectivity index (χ3n) is 4.73. The number of hydrogen-bond donors (Lipinski definition) is 1. The Morgan fingerprint density at radius 1 is 1.26 bits per heavy atom. The second-order valence-corrected chi connectivity index (χ2v) is 8.13. The van der Waals surface area contributed by atoms with E-state index in [2.05, 4.69) is 29.9 Å². The molecule has 0 fully saturated rings. The molecule has 0 bridgehead atoms. The van der Waals surface area contributed by atoms with Crippen LogP contribution >= 0.6 is 11.6 Å². The predicted molar refractivity (Wildman–Crippen MR) is 101 cm³/mol. The van der Waals surface area contributed by atoms with Gasteiger partial charge in [0.2, 0.25) is 0 Å². The van der Waals surface area contributed by atoms with Gasteiger partial charge in [0.25, 0.3) is 5.89 Å². The lowest BCUT2D eigenvalue weighted by atomic mass is 9.96. The Morgan fingerprint density at radius 3 is 2.89 bits per heavy atom. The summed E-state index contributed by atoms with van der Waals surface area (Å²) in [5.74, 6) is 1.08. The van der Waals surface area contributed by atoms with E-state index < -0.39 is 0 Å². The Bertz CT molecular complexity index is 1160. The van der Waals surface area contributed by atoms with E-state index in [1.54, 1.807) is 6.33 Å². The number of nitrogens with zero attached hydrogens (tertiary/aromatic N) is 5. The van der Waals surface area contributed by atoms with E-state index in [-0.39, 0.29) is 5.41 Å². The maximum Gasteiger partial charge on any atom is 0.278 e. The van der Waals surface area contributed by atoms with Gasteiger partial charge in [-0.25, -0.2) is 4.98 Å². The van der Waals surface area contributed by atoms with E-state index in [0.29, 0.717) is 28.9 Å². The topological polar surface area (TPSA) is 85.4 Å². The molecule has 7 nitrogen and oxygen atoms in total. The van der Waals surface area contributed by atoms with Crippen LogP contribution in [-0.4, -0.2) is 29.9 Å². The highest BCUT2D eigenvalue weighted by atomic mass is 35.5. The number of imidazole rings is 1. The molecule has 136 valence electrons. The molecule has 0 spiro atoms. The van der Waals surface area contributed by atoms with Crippen LogP contribution in [0.25, 0.3) is 28.5 Å². The van der Waals surface area contributed by atoms with Crippen molar-refractivity contribution >= 4 is 11.6 Å². The van der Waals surface area contributed by atoms with Crippen molar-refractivity contribution in [3.05, 3.63) is 52.8 Å². The number of halogens is 1. The highest BCUT2D eigenvalue weighted by Gasteiger charge is 2.28. The smallest absolute Gasteiger partial charge is 0.278 e. The van der Waals surface area contributed by atoms with Crippen molar-refractivity contribution in [2.75, 3.05) is 0 Å². The van der Waals surface area contributed by atoms with Crippen molar-refractivity contribution in [1.29, 1.82) is 0 Å². The molecule has 27 heavy (non-hydrogen) atoms. The average Bonchev–Trinajstić information content (AvgIpc) is 3.32. The van der Waals surface area contributed by atoms with Crippen molar-refractivity contribution < 1.29 is 4.52 Å². The molecular formula is C19H17ClN6O. The van der Waals surface area contributed by atoms with Gasteiger partial charge in [-0.2, -0.15) is 10.1 Å². The fourth-order valence-electron chi connectivity index (χ4n) is 3.33. The highest BCUT2D eigenvalue weighted by molar-refractivity contribution is 6.31. The molecule has 0 saturated carbocycles. The number of fused-ring (bicyclic) bond motifs is 5. The summed E-state index contributed by atoms with van der Waals surface area (Å²) in [5.41, 5.74) is 5.46.